The summed E-state index contributed by atoms with van der Waals surface area (Å²) >= 11 is 0. The predicted molar refractivity (Wildman–Crippen MR) is 94.5 cm³/mol. The zero-order valence-corrected chi connectivity index (χ0v) is 14.1. The van der Waals surface area contributed by atoms with Crippen molar-refractivity contribution in [1.29, 1.82) is 0 Å². The topological polar surface area (TPSA) is 38.7 Å². The molecular weight excluding hydrogens is 300 g/mol. The maximum Gasteiger partial charge on any atom is 0.0717 e. The molecule has 1 aliphatic rings. The zero-order chi connectivity index (χ0) is 16.7. The molecule has 1 aliphatic carbocycles. The molecule has 0 bridgehead atoms. The molecule has 1 atom stereocenters. The highest BCUT2D eigenvalue weighted by Crippen LogP contribution is 2.39. The highest BCUT2D eigenvalue weighted by Gasteiger charge is 2.39. The van der Waals surface area contributed by atoms with E-state index >= 15 is 0 Å². The molecule has 1 N–H and O–H groups in total. The van der Waals surface area contributed by atoms with Crippen molar-refractivity contribution in [3.63, 3.8) is 0 Å². The Bertz CT molecular complexity index is 551. The van der Waals surface area contributed by atoms with Crippen molar-refractivity contribution in [1.82, 2.24) is 0 Å². The van der Waals surface area contributed by atoms with E-state index in [0.29, 0.717) is 26.4 Å². The molecule has 0 spiro atoms. The first kappa shape index (κ1) is 17.2. The number of aliphatic hydroxyl groups excluding tert-OH is 1. The van der Waals surface area contributed by atoms with Crippen LogP contribution in [0.5, 0.6) is 0 Å². The quantitative estimate of drug-likeness (QED) is 0.798. The van der Waals surface area contributed by atoms with Gasteiger partial charge in [-0.15, -0.1) is 0 Å². The fraction of sp³-hybridized carbons (Fsp3) is 0.429. The van der Waals surface area contributed by atoms with E-state index in [1.54, 1.807) is 0 Å². The Balaban J connectivity index is 1.50. The number of benzene rings is 2. The van der Waals surface area contributed by atoms with Gasteiger partial charge in [0.2, 0.25) is 0 Å². The number of hydrogen-bond acceptors (Lipinski definition) is 3. The second-order valence-electron chi connectivity index (χ2n) is 6.85. The Kier molecular flexibility index (Phi) is 6.02. The van der Waals surface area contributed by atoms with Crippen LogP contribution in [0.2, 0.25) is 0 Å². The minimum absolute atomic E-state index is 0.0665. The van der Waals surface area contributed by atoms with Crippen molar-refractivity contribution in [2.75, 3.05) is 13.2 Å². The lowest BCUT2D eigenvalue weighted by atomic mass is 9.88. The van der Waals surface area contributed by atoms with E-state index in [0.717, 1.165) is 19.3 Å². The Morgan fingerprint density at radius 1 is 0.833 bits per heavy atom. The molecular formula is C21H26O3. The van der Waals surface area contributed by atoms with E-state index in [4.69, 9.17) is 9.47 Å². The fourth-order valence-electron chi connectivity index (χ4n) is 3.40. The molecule has 2 aromatic rings. The molecule has 3 heteroatoms. The van der Waals surface area contributed by atoms with Crippen molar-refractivity contribution in [3.8, 4) is 0 Å². The lowest BCUT2D eigenvalue weighted by Gasteiger charge is -2.28. The molecule has 24 heavy (non-hydrogen) atoms. The van der Waals surface area contributed by atoms with E-state index in [1.807, 2.05) is 36.4 Å². The van der Waals surface area contributed by atoms with Crippen molar-refractivity contribution >= 4 is 0 Å². The van der Waals surface area contributed by atoms with Gasteiger partial charge in [0.05, 0.1) is 32.5 Å². The van der Waals surface area contributed by atoms with E-state index in [9.17, 15) is 5.11 Å². The number of rotatable bonds is 8. The summed E-state index contributed by atoms with van der Waals surface area (Å²) in [6.07, 6.45) is 2.32. The second-order valence-corrected chi connectivity index (χ2v) is 6.85. The number of hydrogen-bond donors (Lipinski definition) is 1. The molecule has 0 aliphatic heterocycles. The Labute approximate surface area is 144 Å². The maximum atomic E-state index is 9.99. The van der Waals surface area contributed by atoms with Gasteiger partial charge in [0.1, 0.15) is 0 Å². The Morgan fingerprint density at radius 3 is 1.75 bits per heavy atom. The molecule has 2 aromatic carbocycles. The third-order valence-corrected chi connectivity index (χ3v) is 4.72. The highest BCUT2D eigenvalue weighted by atomic mass is 16.5. The first-order chi connectivity index (χ1) is 11.8. The van der Waals surface area contributed by atoms with Gasteiger partial charge in [-0.3, -0.25) is 0 Å². The van der Waals surface area contributed by atoms with Gasteiger partial charge in [-0.2, -0.15) is 0 Å². The Hall–Kier alpha value is -1.68. The van der Waals surface area contributed by atoms with Crippen molar-refractivity contribution in [3.05, 3.63) is 71.8 Å². The molecule has 0 saturated heterocycles. The summed E-state index contributed by atoms with van der Waals surface area (Å²) in [4.78, 5) is 0. The summed E-state index contributed by atoms with van der Waals surface area (Å²) in [7, 11) is 0. The summed E-state index contributed by atoms with van der Waals surface area (Å²) in [6, 6.07) is 20.4. The van der Waals surface area contributed by atoms with Crippen LogP contribution in [0.25, 0.3) is 0 Å². The van der Waals surface area contributed by atoms with Crippen molar-refractivity contribution < 1.29 is 14.6 Å². The average Bonchev–Trinajstić information content (AvgIpc) is 2.98. The summed E-state index contributed by atoms with van der Waals surface area (Å²) in [5.74, 6) is 0. The largest absolute Gasteiger partial charge is 0.393 e. The SMILES string of the molecule is OC1CCC(COCc2ccccc2)(COCc2ccccc2)C1. The predicted octanol–water partition coefficient (Wildman–Crippen LogP) is 3.95. The van der Waals surface area contributed by atoms with Gasteiger partial charge in [0, 0.05) is 5.41 Å². The molecule has 128 valence electrons. The van der Waals surface area contributed by atoms with Crippen LogP contribution in [0.3, 0.4) is 0 Å². The van der Waals surface area contributed by atoms with Crippen LogP contribution >= 0.6 is 0 Å². The zero-order valence-electron chi connectivity index (χ0n) is 14.1. The minimum Gasteiger partial charge on any atom is -0.393 e. The number of aliphatic hydroxyl groups is 1. The standard InChI is InChI=1S/C21H26O3/c22-20-11-12-21(13-20,16-23-14-18-7-3-1-4-8-18)17-24-15-19-9-5-2-6-10-19/h1-10,20,22H,11-17H2. The minimum atomic E-state index is -0.231. The summed E-state index contributed by atoms with van der Waals surface area (Å²) < 4.78 is 11.9. The van der Waals surface area contributed by atoms with Gasteiger partial charge < -0.3 is 14.6 Å². The maximum absolute atomic E-state index is 9.99. The molecule has 0 aromatic heterocycles. The van der Waals surface area contributed by atoms with Crippen LogP contribution in [-0.2, 0) is 22.7 Å². The third kappa shape index (κ3) is 4.91. The molecule has 1 unspecified atom stereocenters. The summed E-state index contributed by atoms with van der Waals surface area (Å²) in [6.45, 7) is 2.48. The van der Waals surface area contributed by atoms with Crippen molar-refractivity contribution in [2.45, 2.75) is 38.6 Å². The molecule has 0 heterocycles. The van der Waals surface area contributed by atoms with Crippen LogP contribution in [0.15, 0.2) is 60.7 Å². The molecule has 0 amide bonds. The second kappa shape index (κ2) is 8.43. The van der Waals surface area contributed by atoms with E-state index in [2.05, 4.69) is 24.3 Å². The van der Waals surface area contributed by atoms with E-state index in [-0.39, 0.29) is 11.5 Å². The molecule has 3 nitrogen and oxygen atoms in total. The van der Waals surface area contributed by atoms with Crippen LogP contribution in [0.4, 0.5) is 0 Å². The highest BCUT2D eigenvalue weighted by molar-refractivity contribution is 5.14. The van der Waals surface area contributed by atoms with Gasteiger partial charge in [-0.1, -0.05) is 60.7 Å². The summed E-state index contributed by atoms with van der Waals surface area (Å²) in [5.41, 5.74) is 2.29. The van der Waals surface area contributed by atoms with Gasteiger partial charge in [0.15, 0.2) is 0 Å². The molecule has 1 saturated carbocycles. The third-order valence-electron chi connectivity index (χ3n) is 4.72. The van der Waals surface area contributed by atoms with Crippen LogP contribution in [-0.4, -0.2) is 24.4 Å². The van der Waals surface area contributed by atoms with Gasteiger partial charge >= 0.3 is 0 Å². The monoisotopic (exact) mass is 326 g/mol. The van der Waals surface area contributed by atoms with Gasteiger partial charge in [0.25, 0.3) is 0 Å². The molecule has 3 rings (SSSR count). The normalized spacial score (nSPS) is 19.5. The van der Waals surface area contributed by atoms with Gasteiger partial charge in [-0.25, -0.2) is 0 Å². The summed E-state index contributed by atoms with van der Waals surface area (Å²) in [5, 5.41) is 9.99. The number of ether oxygens (including phenoxy) is 2. The molecule has 0 radical (unpaired) electrons. The van der Waals surface area contributed by atoms with Crippen LogP contribution in [0, 0.1) is 5.41 Å². The average molecular weight is 326 g/mol. The van der Waals surface area contributed by atoms with Crippen LogP contribution in [0.1, 0.15) is 30.4 Å². The lowest BCUT2D eigenvalue weighted by Crippen LogP contribution is -2.30. The Morgan fingerprint density at radius 2 is 1.33 bits per heavy atom. The first-order valence-corrected chi connectivity index (χ1v) is 8.67. The van der Waals surface area contributed by atoms with E-state index in [1.165, 1.54) is 11.1 Å². The van der Waals surface area contributed by atoms with E-state index < -0.39 is 0 Å². The smallest absolute Gasteiger partial charge is 0.0717 e. The molecule has 1 fully saturated rings. The van der Waals surface area contributed by atoms with Crippen molar-refractivity contribution in [2.24, 2.45) is 5.41 Å². The fourth-order valence-corrected chi connectivity index (χ4v) is 3.40. The van der Waals surface area contributed by atoms with Crippen LogP contribution < -0.4 is 0 Å². The van der Waals surface area contributed by atoms with Gasteiger partial charge in [-0.05, 0) is 30.4 Å². The first-order valence-electron chi connectivity index (χ1n) is 8.67. The lowest BCUT2D eigenvalue weighted by molar-refractivity contribution is -0.0351.